The molecule has 0 aliphatic carbocycles. The second-order valence-electron chi connectivity index (χ2n) is 10.3. The lowest BCUT2D eigenvalue weighted by molar-refractivity contribution is 0.102. The fourth-order valence-electron chi connectivity index (χ4n) is 4.37. The van der Waals surface area contributed by atoms with Crippen LogP contribution in [-0.2, 0) is 5.54 Å². The Labute approximate surface area is 221 Å². The molecule has 8 nitrogen and oxygen atoms in total. The van der Waals surface area contributed by atoms with Gasteiger partial charge in [0.25, 0.3) is 5.91 Å². The van der Waals surface area contributed by atoms with Crippen molar-refractivity contribution in [3.8, 4) is 11.3 Å². The van der Waals surface area contributed by atoms with Crippen LogP contribution in [0.3, 0.4) is 0 Å². The third-order valence-electron chi connectivity index (χ3n) is 6.38. The standard InChI is InChI=1S/C28H33N7OS/c1-28(2,3)35-25(18-22(32-35)20-10-6-5-7-11-20)31-27-30-23(19-37-27)26(36)29-21-12-8-9-13-24(21)34-16-14-33(4)15-17-34/h5-13,18-19H,14-17H2,1-4H3,(H,29,36)(H,30,31). The highest BCUT2D eigenvalue weighted by molar-refractivity contribution is 7.14. The van der Waals surface area contributed by atoms with E-state index in [-0.39, 0.29) is 11.4 Å². The number of likely N-dealkylation sites (N-methyl/N-ethyl adjacent to an activating group) is 1. The second-order valence-corrected chi connectivity index (χ2v) is 11.1. The molecule has 9 heteroatoms. The first-order valence-electron chi connectivity index (χ1n) is 12.5. The molecule has 5 rings (SSSR count). The van der Waals surface area contributed by atoms with Crippen molar-refractivity contribution in [2.24, 2.45) is 0 Å². The maximum absolute atomic E-state index is 13.1. The van der Waals surface area contributed by atoms with Crippen molar-refractivity contribution in [2.45, 2.75) is 26.3 Å². The van der Waals surface area contributed by atoms with Gasteiger partial charge in [-0.1, -0.05) is 42.5 Å². The predicted octanol–water partition coefficient (Wildman–Crippen LogP) is 5.51. The van der Waals surface area contributed by atoms with E-state index in [1.807, 2.05) is 59.3 Å². The van der Waals surface area contributed by atoms with Crippen LogP contribution in [0.25, 0.3) is 11.3 Å². The number of nitrogens with one attached hydrogen (secondary N) is 2. The molecule has 0 spiro atoms. The minimum Gasteiger partial charge on any atom is -0.367 e. The van der Waals surface area contributed by atoms with Crippen LogP contribution in [-0.4, -0.2) is 58.8 Å². The Morgan fingerprint density at radius 3 is 2.41 bits per heavy atom. The molecule has 2 N–H and O–H groups in total. The summed E-state index contributed by atoms with van der Waals surface area (Å²) in [5.74, 6) is 0.605. The summed E-state index contributed by atoms with van der Waals surface area (Å²) in [5, 5.41) is 13.7. The summed E-state index contributed by atoms with van der Waals surface area (Å²) < 4.78 is 1.96. The van der Waals surface area contributed by atoms with Gasteiger partial charge in [0.15, 0.2) is 5.13 Å². The van der Waals surface area contributed by atoms with Crippen LogP contribution in [0.5, 0.6) is 0 Å². The molecule has 37 heavy (non-hydrogen) atoms. The van der Waals surface area contributed by atoms with Crippen molar-refractivity contribution in [3.05, 3.63) is 71.7 Å². The Kier molecular flexibility index (Phi) is 6.99. The van der Waals surface area contributed by atoms with Crippen LogP contribution in [0.2, 0.25) is 0 Å². The van der Waals surface area contributed by atoms with E-state index in [0.29, 0.717) is 10.8 Å². The van der Waals surface area contributed by atoms with Crippen LogP contribution < -0.4 is 15.5 Å². The van der Waals surface area contributed by atoms with Crippen LogP contribution in [0.15, 0.2) is 66.0 Å². The molecule has 0 atom stereocenters. The van der Waals surface area contributed by atoms with E-state index in [9.17, 15) is 4.79 Å². The van der Waals surface area contributed by atoms with Gasteiger partial charge in [-0.15, -0.1) is 11.3 Å². The zero-order valence-electron chi connectivity index (χ0n) is 21.7. The molecule has 1 aliphatic heterocycles. The van der Waals surface area contributed by atoms with Crippen molar-refractivity contribution >= 4 is 39.6 Å². The summed E-state index contributed by atoms with van der Waals surface area (Å²) in [6.07, 6.45) is 0. The minimum atomic E-state index is -0.236. The molecule has 192 valence electrons. The average molecular weight is 516 g/mol. The highest BCUT2D eigenvalue weighted by Gasteiger charge is 2.22. The maximum Gasteiger partial charge on any atom is 0.275 e. The Balaban J connectivity index is 1.33. The molecular formula is C28H33N7OS. The Morgan fingerprint density at radius 1 is 0.973 bits per heavy atom. The number of piperazine rings is 1. The van der Waals surface area contributed by atoms with E-state index in [1.165, 1.54) is 11.3 Å². The number of amides is 1. The van der Waals surface area contributed by atoms with Gasteiger partial charge in [0, 0.05) is 43.2 Å². The predicted molar refractivity (Wildman–Crippen MR) is 152 cm³/mol. The van der Waals surface area contributed by atoms with Gasteiger partial charge in [-0.05, 0) is 40.0 Å². The molecule has 0 unspecified atom stereocenters. The van der Waals surface area contributed by atoms with E-state index in [2.05, 4.69) is 59.3 Å². The molecule has 0 bridgehead atoms. The summed E-state index contributed by atoms with van der Waals surface area (Å²) in [6.45, 7) is 10.2. The number of nitrogens with zero attached hydrogens (tertiary/aromatic N) is 5. The topological polar surface area (TPSA) is 78.3 Å². The van der Waals surface area contributed by atoms with Crippen LogP contribution in [0, 0.1) is 0 Å². The molecule has 1 amide bonds. The quantitative estimate of drug-likeness (QED) is 0.353. The number of aromatic nitrogens is 3. The first-order valence-corrected chi connectivity index (χ1v) is 13.4. The number of anilines is 4. The van der Waals surface area contributed by atoms with Crippen molar-refractivity contribution in [2.75, 3.05) is 48.8 Å². The number of carbonyl (C=O) groups is 1. The van der Waals surface area contributed by atoms with Crippen LogP contribution in [0.1, 0.15) is 31.3 Å². The smallest absolute Gasteiger partial charge is 0.275 e. The molecule has 0 radical (unpaired) electrons. The van der Waals surface area contributed by atoms with Gasteiger partial charge in [-0.25, -0.2) is 9.67 Å². The van der Waals surface area contributed by atoms with E-state index >= 15 is 0 Å². The number of rotatable bonds is 6. The van der Waals surface area contributed by atoms with Crippen molar-refractivity contribution in [3.63, 3.8) is 0 Å². The highest BCUT2D eigenvalue weighted by Crippen LogP contribution is 2.31. The van der Waals surface area contributed by atoms with Gasteiger partial charge < -0.3 is 20.4 Å². The van der Waals surface area contributed by atoms with Gasteiger partial charge in [-0.3, -0.25) is 4.79 Å². The number of carbonyl (C=O) groups excluding carboxylic acids is 1. The molecule has 1 saturated heterocycles. The van der Waals surface area contributed by atoms with Crippen LogP contribution >= 0.6 is 11.3 Å². The summed E-state index contributed by atoms with van der Waals surface area (Å²) in [4.78, 5) is 22.4. The molecular weight excluding hydrogens is 482 g/mol. The SMILES string of the molecule is CN1CCN(c2ccccc2NC(=O)c2csc(Nc3cc(-c4ccccc4)nn3C(C)(C)C)n2)CC1. The summed E-state index contributed by atoms with van der Waals surface area (Å²) in [6, 6.07) is 20.1. The maximum atomic E-state index is 13.1. The normalized spacial score (nSPS) is 14.5. The lowest BCUT2D eigenvalue weighted by Gasteiger charge is -2.35. The van der Waals surface area contributed by atoms with Crippen molar-refractivity contribution < 1.29 is 4.79 Å². The average Bonchev–Trinajstić information content (AvgIpc) is 3.53. The van der Waals surface area contributed by atoms with Gasteiger partial charge in [0.2, 0.25) is 0 Å². The Bertz CT molecular complexity index is 1360. The van der Waals surface area contributed by atoms with Gasteiger partial charge in [0.1, 0.15) is 11.5 Å². The summed E-state index contributed by atoms with van der Waals surface area (Å²) >= 11 is 1.40. The Morgan fingerprint density at radius 2 is 1.68 bits per heavy atom. The zero-order chi connectivity index (χ0) is 26.0. The lowest BCUT2D eigenvalue weighted by Crippen LogP contribution is -2.44. The van der Waals surface area contributed by atoms with Gasteiger partial charge in [0.05, 0.1) is 22.6 Å². The number of benzene rings is 2. The molecule has 2 aromatic heterocycles. The number of hydrogen-bond acceptors (Lipinski definition) is 7. The molecule has 1 aliphatic rings. The van der Waals surface area contributed by atoms with Gasteiger partial charge >= 0.3 is 0 Å². The summed E-state index contributed by atoms with van der Waals surface area (Å²) in [5.41, 5.74) is 3.92. The largest absolute Gasteiger partial charge is 0.367 e. The number of thiazole rings is 1. The Hall–Kier alpha value is -3.69. The van der Waals surface area contributed by atoms with E-state index in [0.717, 1.165) is 54.6 Å². The second kappa shape index (κ2) is 10.4. The first-order chi connectivity index (χ1) is 17.8. The fourth-order valence-corrected chi connectivity index (χ4v) is 5.06. The molecule has 0 saturated carbocycles. The van der Waals surface area contributed by atoms with E-state index in [1.54, 1.807) is 5.38 Å². The fraction of sp³-hybridized carbons (Fsp3) is 0.321. The molecule has 4 aromatic rings. The molecule has 1 fully saturated rings. The highest BCUT2D eigenvalue weighted by atomic mass is 32.1. The van der Waals surface area contributed by atoms with Crippen LogP contribution in [0.4, 0.5) is 22.3 Å². The van der Waals surface area contributed by atoms with Crippen molar-refractivity contribution in [1.29, 1.82) is 0 Å². The van der Waals surface area contributed by atoms with E-state index < -0.39 is 0 Å². The first kappa shape index (κ1) is 25.0. The monoisotopic (exact) mass is 515 g/mol. The third kappa shape index (κ3) is 5.68. The number of hydrogen-bond donors (Lipinski definition) is 2. The zero-order valence-corrected chi connectivity index (χ0v) is 22.5. The van der Waals surface area contributed by atoms with Crippen molar-refractivity contribution in [1.82, 2.24) is 19.7 Å². The molecule has 2 aromatic carbocycles. The number of para-hydroxylation sites is 2. The lowest BCUT2D eigenvalue weighted by atomic mass is 10.1. The third-order valence-corrected chi connectivity index (χ3v) is 7.14. The molecule has 3 heterocycles. The summed E-state index contributed by atoms with van der Waals surface area (Å²) in [7, 11) is 2.13. The van der Waals surface area contributed by atoms with Gasteiger partial charge in [-0.2, -0.15) is 5.10 Å². The minimum absolute atomic E-state index is 0.222. The van der Waals surface area contributed by atoms with E-state index in [4.69, 9.17) is 5.10 Å².